The molecule has 2 N–H and O–H groups in total. The number of hydrogen-bond acceptors (Lipinski definition) is 3. The summed E-state index contributed by atoms with van der Waals surface area (Å²) < 4.78 is 39.9. The largest absolute Gasteiger partial charge is 0.471 e. The maximum Gasteiger partial charge on any atom is 0.471 e. The Labute approximate surface area is 186 Å². The molecule has 32 heavy (non-hydrogen) atoms. The summed E-state index contributed by atoms with van der Waals surface area (Å²) in [6.07, 6.45) is -5.00. The van der Waals surface area contributed by atoms with Crippen LogP contribution in [-0.2, 0) is 4.79 Å². The van der Waals surface area contributed by atoms with Crippen molar-refractivity contribution in [1.29, 1.82) is 0 Å². The minimum absolute atomic E-state index is 0.0139. The van der Waals surface area contributed by atoms with Gasteiger partial charge < -0.3 is 10.6 Å². The van der Waals surface area contributed by atoms with Gasteiger partial charge in [0.2, 0.25) is 0 Å². The van der Waals surface area contributed by atoms with Gasteiger partial charge in [-0.15, -0.1) is 0 Å². The number of halogens is 4. The van der Waals surface area contributed by atoms with Crippen LogP contribution in [-0.4, -0.2) is 21.9 Å². The second kappa shape index (κ2) is 8.76. The van der Waals surface area contributed by atoms with E-state index in [1.807, 2.05) is 41.7 Å². The van der Waals surface area contributed by atoms with E-state index in [9.17, 15) is 18.0 Å². The third-order valence-corrected chi connectivity index (χ3v) is 4.76. The van der Waals surface area contributed by atoms with Gasteiger partial charge in [0.05, 0.1) is 22.8 Å². The van der Waals surface area contributed by atoms with Crippen molar-refractivity contribution >= 4 is 34.7 Å². The lowest BCUT2D eigenvalue weighted by atomic mass is 10.1. The molecule has 0 saturated heterocycles. The number of para-hydroxylation sites is 3. The van der Waals surface area contributed by atoms with Gasteiger partial charge in [0.25, 0.3) is 0 Å². The molecule has 1 heterocycles. The van der Waals surface area contributed by atoms with Crippen molar-refractivity contribution in [3.8, 4) is 16.9 Å². The SMILES string of the molecule is O=C(Nc1ccccc1Nc1cc(-c2cccc(Cl)c2)nn1-c1ccccc1)C(F)(F)F. The Hall–Kier alpha value is -3.78. The average Bonchev–Trinajstić information content (AvgIpc) is 3.19. The zero-order valence-corrected chi connectivity index (χ0v) is 17.2. The number of carbonyl (C=O) groups is 1. The number of amides is 1. The molecule has 0 aliphatic carbocycles. The Kier molecular flexibility index (Phi) is 5.87. The Morgan fingerprint density at radius 3 is 2.25 bits per heavy atom. The molecular formula is C23H16ClF3N4O. The Bertz CT molecular complexity index is 1260. The summed E-state index contributed by atoms with van der Waals surface area (Å²) in [4.78, 5) is 11.5. The second-order valence-electron chi connectivity index (χ2n) is 6.79. The topological polar surface area (TPSA) is 59.0 Å². The fraction of sp³-hybridized carbons (Fsp3) is 0.0435. The van der Waals surface area contributed by atoms with Gasteiger partial charge in [0, 0.05) is 16.7 Å². The van der Waals surface area contributed by atoms with Gasteiger partial charge in [-0.25, -0.2) is 4.68 Å². The number of aromatic nitrogens is 2. The number of nitrogens with zero attached hydrogens (tertiary/aromatic N) is 2. The number of benzene rings is 3. The number of anilines is 3. The summed E-state index contributed by atoms with van der Waals surface area (Å²) in [5.74, 6) is -1.57. The zero-order valence-electron chi connectivity index (χ0n) is 16.4. The van der Waals surface area contributed by atoms with E-state index in [1.165, 1.54) is 12.1 Å². The minimum Gasteiger partial charge on any atom is -0.338 e. The maximum atomic E-state index is 12.7. The van der Waals surface area contributed by atoms with Crippen molar-refractivity contribution in [3.63, 3.8) is 0 Å². The summed E-state index contributed by atoms with van der Waals surface area (Å²) >= 11 is 6.11. The summed E-state index contributed by atoms with van der Waals surface area (Å²) in [6.45, 7) is 0. The molecule has 0 radical (unpaired) electrons. The molecule has 5 nitrogen and oxygen atoms in total. The van der Waals surface area contributed by atoms with Crippen LogP contribution < -0.4 is 10.6 Å². The molecule has 0 bridgehead atoms. The van der Waals surface area contributed by atoms with E-state index in [2.05, 4.69) is 10.4 Å². The van der Waals surface area contributed by atoms with Crippen LogP contribution in [0.5, 0.6) is 0 Å². The first-order valence-corrected chi connectivity index (χ1v) is 9.85. The quantitative estimate of drug-likeness (QED) is 0.363. The summed E-state index contributed by atoms with van der Waals surface area (Å²) in [6, 6.07) is 24.3. The highest BCUT2D eigenvalue weighted by molar-refractivity contribution is 6.30. The van der Waals surface area contributed by atoms with Gasteiger partial charge in [-0.1, -0.05) is 54.1 Å². The molecule has 9 heteroatoms. The van der Waals surface area contributed by atoms with E-state index in [-0.39, 0.29) is 11.4 Å². The predicted octanol–water partition coefficient (Wildman–Crippen LogP) is 6.44. The van der Waals surface area contributed by atoms with Crippen LogP contribution in [0.1, 0.15) is 0 Å². The summed E-state index contributed by atoms with van der Waals surface area (Å²) in [5, 5.41) is 10.2. The molecule has 162 valence electrons. The highest BCUT2D eigenvalue weighted by Crippen LogP contribution is 2.31. The van der Waals surface area contributed by atoms with Crippen molar-refractivity contribution in [2.45, 2.75) is 6.18 Å². The summed E-state index contributed by atoms with van der Waals surface area (Å²) in [5.41, 5.74) is 2.38. The van der Waals surface area contributed by atoms with Crippen molar-refractivity contribution in [2.75, 3.05) is 10.6 Å². The predicted molar refractivity (Wildman–Crippen MR) is 118 cm³/mol. The molecule has 0 aliphatic rings. The lowest BCUT2D eigenvalue weighted by Gasteiger charge is -2.15. The van der Waals surface area contributed by atoms with Crippen LogP contribution >= 0.6 is 11.6 Å². The molecule has 3 aromatic carbocycles. The van der Waals surface area contributed by atoms with Crippen molar-refractivity contribution in [3.05, 3.63) is 90.0 Å². The third-order valence-electron chi connectivity index (χ3n) is 4.53. The standard InChI is InChI=1S/C23H16ClF3N4O/c24-16-8-6-7-15(13-16)20-14-21(31(30-20)17-9-2-1-3-10-17)28-18-11-4-5-12-19(18)29-22(32)23(25,26)27/h1-14,28H,(H,29,32). The molecule has 1 amide bonds. The Balaban J connectivity index is 1.75. The zero-order chi connectivity index (χ0) is 22.7. The van der Waals surface area contributed by atoms with Gasteiger partial charge in [0.1, 0.15) is 5.82 Å². The van der Waals surface area contributed by atoms with Gasteiger partial charge in [-0.3, -0.25) is 4.79 Å². The smallest absolute Gasteiger partial charge is 0.338 e. The fourth-order valence-corrected chi connectivity index (χ4v) is 3.25. The monoisotopic (exact) mass is 456 g/mol. The third kappa shape index (κ3) is 4.76. The van der Waals surface area contributed by atoms with Crippen LogP contribution in [0.3, 0.4) is 0 Å². The van der Waals surface area contributed by atoms with Gasteiger partial charge >= 0.3 is 12.1 Å². The number of nitrogens with one attached hydrogen (secondary N) is 2. The fourth-order valence-electron chi connectivity index (χ4n) is 3.06. The summed E-state index contributed by atoms with van der Waals surface area (Å²) in [7, 11) is 0. The number of carbonyl (C=O) groups excluding carboxylic acids is 1. The van der Waals surface area contributed by atoms with E-state index in [0.717, 1.165) is 11.3 Å². The van der Waals surface area contributed by atoms with E-state index in [0.29, 0.717) is 16.5 Å². The molecule has 0 spiro atoms. The Morgan fingerprint density at radius 1 is 0.875 bits per heavy atom. The lowest BCUT2D eigenvalue weighted by Crippen LogP contribution is -2.30. The average molecular weight is 457 g/mol. The molecule has 4 rings (SSSR count). The molecule has 4 aromatic rings. The first-order valence-electron chi connectivity index (χ1n) is 9.47. The number of hydrogen-bond donors (Lipinski definition) is 2. The lowest BCUT2D eigenvalue weighted by molar-refractivity contribution is -0.167. The molecule has 0 atom stereocenters. The molecule has 1 aromatic heterocycles. The highest BCUT2D eigenvalue weighted by Gasteiger charge is 2.39. The molecule has 0 saturated carbocycles. The number of rotatable bonds is 5. The van der Waals surface area contributed by atoms with Crippen molar-refractivity contribution in [1.82, 2.24) is 9.78 Å². The second-order valence-corrected chi connectivity index (χ2v) is 7.23. The van der Waals surface area contributed by atoms with Crippen LogP contribution in [0.4, 0.5) is 30.4 Å². The first-order chi connectivity index (χ1) is 15.3. The van der Waals surface area contributed by atoms with E-state index in [1.54, 1.807) is 41.1 Å². The van der Waals surface area contributed by atoms with Crippen molar-refractivity contribution < 1.29 is 18.0 Å². The van der Waals surface area contributed by atoms with Crippen LogP contribution in [0.15, 0.2) is 84.9 Å². The van der Waals surface area contributed by atoms with E-state index >= 15 is 0 Å². The van der Waals surface area contributed by atoms with Crippen LogP contribution in [0, 0.1) is 0 Å². The minimum atomic E-state index is -5.00. The molecular weight excluding hydrogens is 441 g/mol. The van der Waals surface area contributed by atoms with Gasteiger partial charge in [-0.05, 0) is 36.4 Å². The molecule has 0 aliphatic heterocycles. The maximum absolute atomic E-state index is 12.7. The van der Waals surface area contributed by atoms with Crippen molar-refractivity contribution in [2.24, 2.45) is 0 Å². The van der Waals surface area contributed by atoms with Crippen LogP contribution in [0.2, 0.25) is 5.02 Å². The van der Waals surface area contributed by atoms with Gasteiger partial charge in [-0.2, -0.15) is 18.3 Å². The molecule has 0 unspecified atom stereocenters. The van der Waals surface area contributed by atoms with E-state index in [4.69, 9.17) is 11.6 Å². The highest BCUT2D eigenvalue weighted by atomic mass is 35.5. The van der Waals surface area contributed by atoms with Crippen LogP contribution in [0.25, 0.3) is 16.9 Å². The van der Waals surface area contributed by atoms with Gasteiger partial charge in [0.15, 0.2) is 0 Å². The van der Waals surface area contributed by atoms with E-state index < -0.39 is 12.1 Å². The Morgan fingerprint density at radius 2 is 1.56 bits per heavy atom. The molecule has 0 fully saturated rings. The number of alkyl halides is 3. The first kappa shape index (κ1) is 21.5. The normalized spacial score (nSPS) is 11.2.